The number of nitrogens with zero attached hydrogens (tertiary/aromatic N) is 1. The number of nitrogens with one attached hydrogen (secondary N) is 1. The average Bonchev–Trinajstić information content (AvgIpc) is 2.86. The number of carbonyl (C=O) groups is 2. The number of carbonyl (C=O) groups excluding carboxylic acids is 2. The van der Waals surface area contributed by atoms with E-state index in [1.165, 1.54) is 6.21 Å². The molecule has 1 N–H and O–H groups in total. The van der Waals surface area contributed by atoms with Crippen molar-refractivity contribution < 1.29 is 28.5 Å². The van der Waals surface area contributed by atoms with Crippen molar-refractivity contribution in [1.82, 2.24) is 5.43 Å². The Balaban J connectivity index is 1.58. The number of esters is 1. The molecule has 0 saturated carbocycles. The summed E-state index contributed by atoms with van der Waals surface area (Å²) in [5.41, 5.74) is 3.40. The quantitative estimate of drug-likeness (QED) is 0.176. The normalized spacial score (nSPS) is 10.6. The Morgan fingerprint density at radius 3 is 2.20 bits per heavy atom. The first kappa shape index (κ1) is 25.6. The molecule has 3 aromatic carbocycles. The average molecular weight is 497 g/mol. The first-order valence-electron chi connectivity index (χ1n) is 10.9. The van der Waals surface area contributed by atoms with Crippen LogP contribution >= 0.6 is 11.6 Å². The van der Waals surface area contributed by atoms with Crippen molar-refractivity contribution >= 4 is 29.7 Å². The van der Waals surface area contributed by atoms with E-state index < -0.39 is 11.9 Å². The number of benzene rings is 3. The summed E-state index contributed by atoms with van der Waals surface area (Å²) in [5.74, 6) is 0.874. The number of rotatable bonds is 11. The monoisotopic (exact) mass is 496 g/mol. The van der Waals surface area contributed by atoms with Gasteiger partial charge in [-0.15, -0.1) is 0 Å². The van der Waals surface area contributed by atoms with Gasteiger partial charge in [0.25, 0.3) is 5.91 Å². The molecular weight excluding hydrogens is 472 g/mol. The van der Waals surface area contributed by atoms with Gasteiger partial charge >= 0.3 is 5.97 Å². The highest BCUT2D eigenvalue weighted by Crippen LogP contribution is 2.29. The van der Waals surface area contributed by atoms with Crippen LogP contribution in [0.15, 0.2) is 71.8 Å². The predicted octanol–water partition coefficient (Wildman–Crippen LogP) is 4.89. The summed E-state index contributed by atoms with van der Waals surface area (Å²) in [6.45, 7) is 4.41. The molecule has 8 nitrogen and oxygen atoms in total. The number of halogens is 1. The van der Waals surface area contributed by atoms with E-state index in [9.17, 15) is 9.59 Å². The Morgan fingerprint density at radius 1 is 0.857 bits per heavy atom. The first-order valence-corrected chi connectivity index (χ1v) is 11.3. The lowest BCUT2D eigenvalue weighted by Gasteiger charge is -2.11. The standard InChI is InChI=1S/C26H25ClN2O6/c1-3-32-21-10-6-19(7-11-21)26(31)35-23-14-5-18(15-24(23)33-4-2)16-28-29-25(30)17-34-22-12-8-20(27)9-13-22/h5-16H,3-4,17H2,1-2H3,(H,29,30). The molecule has 0 aliphatic rings. The maximum atomic E-state index is 12.5. The fourth-order valence-electron chi connectivity index (χ4n) is 2.86. The number of hydrogen-bond donors (Lipinski definition) is 1. The minimum absolute atomic E-state index is 0.205. The number of hydrazone groups is 1. The largest absolute Gasteiger partial charge is 0.494 e. The Hall–Kier alpha value is -4.04. The predicted molar refractivity (Wildman–Crippen MR) is 133 cm³/mol. The van der Waals surface area contributed by atoms with E-state index in [4.69, 9.17) is 30.5 Å². The molecule has 0 fully saturated rings. The van der Waals surface area contributed by atoms with Crippen molar-refractivity contribution in [1.29, 1.82) is 0 Å². The van der Waals surface area contributed by atoms with E-state index >= 15 is 0 Å². The molecule has 3 aromatic rings. The second-order valence-electron chi connectivity index (χ2n) is 7.02. The fourth-order valence-corrected chi connectivity index (χ4v) is 2.99. The lowest BCUT2D eigenvalue weighted by molar-refractivity contribution is -0.123. The van der Waals surface area contributed by atoms with Gasteiger partial charge in [0.15, 0.2) is 18.1 Å². The highest BCUT2D eigenvalue weighted by atomic mass is 35.5. The highest BCUT2D eigenvalue weighted by molar-refractivity contribution is 6.30. The zero-order valence-corrected chi connectivity index (χ0v) is 20.1. The van der Waals surface area contributed by atoms with E-state index in [-0.39, 0.29) is 12.4 Å². The smallest absolute Gasteiger partial charge is 0.343 e. The molecule has 0 saturated heterocycles. The number of amides is 1. The zero-order chi connectivity index (χ0) is 25.0. The van der Waals surface area contributed by atoms with Crippen LogP contribution in [0.2, 0.25) is 5.02 Å². The molecule has 0 radical (unpaired) electrons. The summed E-state index contributed by atoms with van der Waals surface area (Å²) in [4.78, 5) is 24.5. The highest BCUT2D eigenvalue weighted by Gasteiger charge is 2.13. The summed E-state index contributed by atoms with van der Waals surface area (Å²) in [7, 11) is 0. The molecule has 0 bridgehead atoms. The molecule has 0 aliphatic heterocycles. The molecular formula is C26H25ClN2O6. The summed E-state index contributed by atoms with van der Waals surface area (Å²) in [6, 6.07) is 18.3. The summed E-state index contributed by atoms with van der Waals surface area (Å²) < 4.78 is 21.9. The maximum Gasteiger partial charge on any atom is 0.343 e. The van der Waals surface area contributed by atoms with Crippen LogP contribution in [0.3, 0.4) is 0 Å². The molecule has 182 valence electrons. The molecule has 35 heavy (non-hydrogen) atoms. The van der Waals surface area contributed by atoms with Gasteiger partial charge in [0.2, 0.25) is 0 Å². The zero-order valence-electron chi connectivity index (χ0n) is 19.3. The molecule has 0 atom stereocenters. The van der Waals surface area contributed by atoms with Crippen molar-refractivity contribution in [3.05, 3.63) is 82.9 Å². The van der Waals surface area contributed by atoms with Crippen molar-refractivity contribution in [2.24, 2.45) is 5.10 Å². The molecule has 0 aliphatic carbocycles. The van der Waals surface area contributed by atoms with Gasteiger partial charge in [-0.1, -0.05) is 11.6 Å². The molecule has 3 rings (SSSR count). The summed E-state index contributed by atoms with van der Waals surface area (Å²) in [6.07, 6.45) is 1.45. The van der Waals surface area contributed by atoms with Crippen LogP contribution in [0.1, 0.15) is 29.8 Å². The second kappa shape index (κ2) is 13.0. The lowest BCUT2D eigenvalue weighted by atomic mass is 10.2. The van der Waals surface area contributed by atoms with Crippen LogP contribution in [0.5, 0.6) is 23.0 Å². The number of hydrogen-bond acceptors (Lipinski definition) is 7. The Kier molecular flexibility index (Phi) is 9.50. The third-order valence-corrected chi connectivity index (χ3v) is 4.71. The van der Waals surface area contributed by atoms with Crippen LogP contribution in [-0.2, 0) is 4.79 Å². The minimum atomic E-state index is -0.525. The molecule has 1 amide bonds. The van der Waals surface area contributed by atoms with Gasteiger partial charge in [-0.3, -0.25) is 4.79 Å². The maximum absolute atomic E-state index is 12.5. The summed E-state index contributed by atoms with van der Waals surface area (Å²) in [5, 5.41) is 4.51. The summed E-state index contributed by atoms with van der Waals surface area (Å²) >= 11 is 5.82. The van der Waals surface area contributed by atoms with Crippen molar-refractivity contribution in [2.45, 2.75) is 13.8 Å². The lowest BCUT2D eigenvalue weighted by Crippen LogP contribution is -2.24. The van der Waals surface area contributed by atoms with Gasteiger partial charge < -0.3 is 18.9 Å². The number of ether oxygens (including phenoxy) is 4. The minimum Gasteiger partial charge on any atom is -0.494 e. The third kappa shape index (κ3) is 8.04. The van der Waals surface area contributed by atoms with Gasteiger partial charge in [0, 0.05) is 5.02 Å². The van der Waals surface area contributed by atoms with E-state index in [2.05, 4.69) is 10.5 Å². The van der Waals surface area contributed by atoms with Gasteiger partial charge in [0.05, 0.1) is 25.0 Å². The first-order chi connectivity index (χ1) is 17.0. The second-order valence-corrected chi connectivity index (χ2v) is 7.46. The van der Waals surface area contributed by atoms with Crippen LogP contribution in [-0.4, -0.2) is 37.9 Å². The van der Waals surface area contributed by atoms with Crippen molar-refractivity contribution in [3.8, 4) is 23.0 Å². The van der Waals surface area contributed by atoms with E-state index in [0.717, 1.165) is 0 Å². The third-order valence-electron chi connectivity index (χ3n) is 4.46. The topological polar surface area (TPSA) is 95.5 Å². The Bertz CT molecular complexity index is 1160. The van der Waals surface area contributed by atoms with Crippen LogP contribution < -0.4 is 24.4 Å². The molecule has 0 aromatic heterocycles. The SMILES string of the molecule is CCOc1ccc(C(=O)Oc2ccc(C=NNC(=O)COc3ccc(Cl)cc3)cc2OCC)cc1. The molecule has 9 heteroatoms. The van der Waals surface area contributed by atoms with E-state index in [1.54, 1.807) is 66.7 Å². The Labute approximate surface area is 208 Å². The Morgan fingerprint density at radius 2 is 1.51 bits per heavy atom. The van der Waals surface area contributed by atoms with Crippen LogP contribution in [0.4, 0.5) is 0 Å². The van der Waals surface area contributed by atoms with Crippen LogP contribution in [0, 0.1) is 0 Å². The van der Waals surface area contributed by atoms with Crippen molar-refractivity contribution in [2.75, 3.05) is 19.8 Å². The molecule has 0 heterocycles. The molecule has 0 unspecified atom stereocenters. The van der Waals surface area contributed by atoms with Gasteiger partial charge in [-0.25, -0.2) is 10.2 Å². The van der Waals surface area contributed by atoms with E-state index in [0.29, 0.717) is 46.6 Å². The van der Waals surface area contributed by atoms with E-state index in [1.807, 2.05) is 13.8 Å². The fraction of sp³-hybridized carbons (Fsp3) is 0.192. The molecule has 0 spiro atoms. The van der Waals surface area contributed by atoms with Gasteiger partial charge in [0.1, 0.15) is 11.5 Å². The van der Waals surface area contributed by atoms with Gasteiger partial charge in [-0.05, 0) is 86.1 Å². The van der Waals surface area contributed by atoms with Crippen LogP contribution in [0.25, 0.3) is 0 Å². The van der Waals surface area contributed by atoms with Gasteiger partial charge in [-0.2, -0.15) is 5.10 Å². The van der Waals surface area contributed by atoms with Crippen molar-refractivity contribution in [3.63, 3.8) is 0 Å².